The van der Waals surface area contributed by atoms with E-state index in [1.54, 1.807) is 0 Å². The lowest BCUT2D eigenvalue weighted by molar-refractivity contribution is -0.161. The van der Waals surface area contributed by atoms with Crippen molar-refractivity contribution in [1.29, 1.82) is 0 Å². The Morgan fingerprint density at radius 2 is 0.429 bits per heavy atom. The van der Waals surface area contributed by atoms with E-state index in [-0.39, 0.29) is 25.7 Å². The maximum absolute atomic E-state index is 13.1. The fraction of sp³-hybridized carbons (Fsp3) is 0.949. The second-order valence-electron chi connectivity index (χ2n) is 30.4. The average molecular weight is 1440 g/mol. The fourth-order valence-corrected chi connectivity index (χ4v) is 13.7. The molecule has 17 nitrogen and oxygen atoms in total. The smallest absolute Gasteiger partial charge is 0.462 e. The van der Waals surface area contributed by atoms with Gasteiger partial charge in [-0.25, -0.2) is 9.13 Å². The van der Waals surface area contributed by atoms with Gasteiger partial charge in [0.25, 0.3) is 0 Å². The summed E-state index contributed by atoms with van der Waals surface area (Å²) in [4.78, 5) is 72.9. The number of rotatable bonds is 76. The highest BCUT2D eigenvalue weighted by molar-refractivity contribution is 7.47. The molecule has 582 valence electrons. The standard InChI is InChI=1S/C79H154O17P2/c1-69(2)55-47-39-31-24-20-16-12-9-10-14-19-23-27-36-45-53-61-78(83)95-75(66-90-77(82)60-52-44-38-30-34-42-50-58-72(7)8)68-94-98(87,88)92-64-73(80)63-91-97(85,86)93-67-74(96-79(84)62-54-46-37-29-28-33-41-49-57-71(5)6)65-89-76(81)59-51-43-35-26-22-18-15-11-13-17-21-25-32-40-48-56-70(3)4/h69-75,80H,9-68H2,1-8H3,(H,85,86)(H,87,88)/t73?,74-,75-/m1/s1. The van der Waals surface area contributed by atoms with Gasteiger partial charge in [-0.15, -0.1) is 0 Å². The lowest BCUT2D eigenvalue weighted by Gasteiger charge is -2.21. The van der Waals surface area contributed by atoms with Gasteiger partial charge in [0.15, 0.2) is 12.2 Å². The number of phosphoric ester groups is 2. The molecule has 0 aliphatic carbocycles. The molecule has 0 radical (unpaired) electrons. The van der Waals surface area contributed by atoms with E-state index in [2.05, 4.69) is 55.4 Å². The van der Waals surface area contributed by atoms with E-state index < -0.39 is 97.5 Å². The van der Waals surface area contributed by atoms with Crippen LogP contribution in [0.25, 0.3) is 0 Å². The van der Waals surface area contributed by atoms with Gasteiger partial charge in [0.05, 0.1) is 26.4 Å². The molecule has 3 unspecified atom stereocenters. The number of ether oxygens (including phenoxy) is 4. The summed E-state index contributed by atoms with van der Waals surface area (Å²) in [7, 11) is -9.92. The Labute approximate surface area is 600 Å². The third-order valence-corrected chi connectivity index (χ3v) is 20.2. The van der Waals surface area contributed by atoms with Gasteiger partial charge < -0.3 is 33.8 Å². The Morgan fingerprint density at radius 1 is 0.255 bits per heavy atom. The molecule has 0 saturated carbocycles. The fourth-order valence-electron chi connectivity index (χ4n) is 12.1. The average Bonchev–Trinajstić information content (AvgIpc) is 1.05. The Bertz CT molecular complexity index is 1890. The van der Waals surface area contributed by atoms with Gasteiger partial charge in [-0.2, -0.15) is 0 Å². The molecule has 0 aliphatic heterocycles. The van der Waals surface area contributed by atoms with Gasteiger partial charge in [-0.1, -0.05) is 351 Å². The largest absolute Gasteiger partial charge is 0.472 e. The van der Waals surface area contributed by atoms with Crippen molar-refractivity contribution < 1.29 is 80.2 Å². The Morgan fingerprint density at radius 3 is 0.633 bits per heavy atom. The van der Waals surface area contributed by atoms with Crippen molar-refractivity contribution in [2.45, 2.75) is 420 Å². The summed E-state index contributed by atoms with van der Waals surface area (Å²) in [6.45, 7) is 14.2. The van der Waals surface area contributed by atoms with Crippen molar-refractivity contribution in [2.24, 2.45) is 23.7 Å². The van der Waals surface area contributed by atoms with Crippen LogP contribution in [0.15, 0.2) is 0 Å². The van der Waals surface area contributed by atoms with Crippen molar-refractivity contribution in [3.8, 4) is 0 Å². The normalized spacial score (nSPS) is 14.1. The zero-order chi connectivity index (χ0) is 72.4. The first-order valence-electron chi connectivity index (χ1n) is 40.7. The molecule has 98 heavy (non-hydrogen) atoms. The second-order valence-corrected chi connectivity index (χ2v) is 33.3. The van der Waals surface area contributed by atoms with E-state index in [0.717, 1.165) is 114 Å². The minimum absolute atomic E-state index is 0.104. The predicted molar refractivity (Wildman–Crippen MR) is 400 cm³/mol. The van der Waals surface area contributed by atoms with Crippen molar-refractivity contribution >= 4 is 39.5 Å². The number of aliphatic hydroxyl groups is 1. The molecule has 0 rings (SSSR count). The van der Waals surface area contributed by atoms with Crippen molar-refractivity contribution in [3.05, 3.63) is 0 Å². The molecule has 0 aromatic heterocycles. The third kappa shape index (κ3) is 72.4. The lowest BCUT2D eigenvalue weighted by Crippen LogP contribution is -2.30. The summed E-state index contributed by atoms with van der Waals surface area (Å²) in [5, 5.41) is 10.6. The molecule has 19 heteroatoms. The molecule has 0 amide bonds. The number of unbranched alkanes of at least 4 members (excludes halogenated alkanes) is 42. The van der Waals surface area contributed by atoms with Crippen LogP contribution in [-0.4, -0.2) is 96.7 Å². The van der Waals surface area contributed by atoms with Crippen molar-refractivity contribution in [1.82, 2.24) is 0 Å². The summed E-state index contributed by atoms with van der Waals surface area (Å²) in [5.41, 5.74) is 0. The van der Waals surface area contributed by atoms with E-state index in [0.29, 0.717) is 31.6 Å². The van der Waals surface area contributed by atoms with Crippen LogP contribution in [0.2, 0.25) is 0 Å². The van der Waals surface area contributed by atoms with Crippen LogP contribution in [0.3, 0.4) is 0 Å². The number of hydrogen-bond donors (Lipinski definition) is 3. The lowest BCUT2D eigenvalue weighted by atomic mass is 10.0. The quantitative estimate of drug-likeness (QED) is 0.0222. The van der Waals surface area contributed by atoms with Gasteiger partial charge in [0.2, 0.25) is 0 Å². The number of aliphatic hydroxyl groups excluding tert-OH is 1. The molecule has 0 fully saturated rings. The minimum atomic E-state index is -4.96. The first kappa shape index (κ1) is 96.1. The maximum atomic E-state index is 13.1. The second kappa shape index (κ2) is 68.2. The molecule has 0 aromatic carbocycles. The third-order valence-electron chi connectivity index (χ3n) is 18.3. The molecule has 0 heterocycles. The van der Waals surface area contributed by atoms with E-state index >= 15 is 0 Å². The summed E-state index contributed by atoms with van der Waals surface area (Å²) in [6.07, 6.45) is 54.3. The Balaban J connectivity index is 5.18. The Hall–Kier alpha value is -1.94. The number of carbonyl (C=O) groups is 4. The highest BCUT2D eigenvalue weighted by Gasteiger charge is 2.30. The van der Waals surface area contributed by atoms with Gasteiger partial charge in [0, 0.05) is 25.7 Å². The number of hydrogen-bond acceptors (Lipinski definition) is 15. The molecule has 3 N–H and O–H groups in total. The van der Waals surface area contributed by atoms with Crippen molar-refractivity contribution in [2.75, 3.05) is 39.6 Å². The summed E-state index contributed by atoms with van der Waals surface area (Å²) in [5.74, 6) is 0.919. The van der Waals surface area contributed by atoms with Crippen LogP contribution in [0.1, 0.15) is 402 Å². The van der Waals surface area contributed by atoms with Crippen LogP contribution in [0, 0.1) is 23.7 Å². The van der Waals surface area contributed by atoms with Crippen LogP contribution < -0.4 is 0 Å². The number of esters is 4. The molecule has 0 bridgehead atoms. The van der Waals surface area contributed by atoms with E-state index in [1.807, 2.05) is 0 Å². The molecule has 0 aromatic rings. The molecule has 0 saturated heterocycles. The van der Waals surface area contributed by atoms with Gasteiger partial charge in [0.1, 0.15) is 19.3 Å². The minimum Gasteiger partial charge on any atom is -0.462 e. The van der Waals surface area contributed by atoms with Crippen LogP contribution in [0.4, 0.5) is 0 Å². The monoisotopic (exact) mass is 1440 g/mol. The number of carbonyl (C=O) groups excluding carboxylic acids is 4. The van der Waals surface area contributed by atoms with Gasteiger partial charge in [-0.3, -0.25) is 37.3 Å². The molecular formula is C79H154O17P2. The summed E-state index contributed by atoms with van der Waals surface area (Å²) in [6, 6.07) is 0. The highest BCUT2D eigenvalue weighted by atomic mass is 31.2. The van der Waals surface area contributed by atoms with Crippen molar-refractivity contribution in [3.63, 3.8) is 0 Å². The van der Waals surface area contributed by atoms with Crippen LogP contribution in [-0.2, 0) is 65.4 Å². The molecule has 0 aliphatic rings. The Kier molecular flexibility index (Phi) is 66.8. The number of phosphoric acid groups is 2. The first-order valence-corrected chi connectivity index (χ1v) is 43.7. The zero-order valence-electron chi connectivity index (χ0n) is 64.4. The topological polar surface area (TPSA) is 237 Å². The maximum Gasteiger partial charge on any atom is 0.472 e. The van der Waals surface area contributed by atoms with E-state index in [9.17, 15) is 43.2 Å². The van der Waals surface area contributed by atoms with Crippen LogP contribution in [0.5, 0.6) is 0 Å². The van der Waals surface area contributed by atoms with E-state index in [4.69, 9.17) is 37.0 Å². The zero-order valence-corrected chi connectivity index (χ0v) is 66.2. The predicted octanol–water partition coefficient (Wildman–Crippen LogP) is 23.2. The van der Waals surface area contributed by atoms with E-state index in [1.165, 1.54) is 199 Å². The van der Waals surface area contributed by atoms with Gasteiger partial charge in [-0.05, 0) is 49.4 Å². The molecule has 5 atom stereocenters. The highest BCUT2D eigenvalue weighted by Crippen LogP contribution is 2.45. The first-order chi connectivity index (χ1) is 47.1. The molecular weight excluding hydrogens is 1280 g/mol. The molecule has 0 spiro atoms. The SMILES string of the molecule is CC(C)CCCCCCCCCCCCCCCCCCC(=O)O[C@H](COC(=O)CCCCCCCCCC(C)C)COP(=O)(O)OCC(O)COP(=O)(O)OC[C@@H](COC(=O)CCCCCCCCCCCCCCCCCC(C)C)OC(=O)CCCCCCCCCCC(C)C. The van der Waals surface area contributed by atoms with Gasteiger partial charge >= 0.3 is 39.5 Å². The van der Waals surface area contributed by atoms with Crippen LogP contribution >= 0.6 is 15.6 Å². The summed E-state index contributed by atoms with van der Waals surface area (Å²) >= 11 is 0. The summed E-state index contributed by atoms with van der Waals surface area (Å²) < 4.78 is 68.6.